The van der Waals surface area contributed by atoms with E-state index in [0.717, 1.165) is 11.1 Å². The van der Waals surface area contributed by atoms with Gasteiger partial charge in [-0.2, -0.15) is 0 Å². The maximum Gasteiger partial charge on any atom is 0.335 e. The van der Waals surface area contributed by atoms with Crippen molar-refractivity contribution in [2.24, 2.45) is 0 Å². The summed E-state index contributed by atoms with van der Waals surface area (Å²) in [5.74, 6) is -0.933. The monoisotopic (exact) mass is 203 g/mol. The highest BCUT2D eigenvalue weighted by atomic mass is 16.4. The Morgan fingerprint density at radius 3 is 2.87 bits per heavy atom. The number of hydrogen-bond donors (Lipinski definition) is 1. The Morgan fingerprint density at radius 1 is 1.47 bits per heavy atom. The molecule has 0 amide bonds. The lowest BCUT2D eigenvalue weighted by molar-refractivity contribution is 0.0696. The van der Waals surface area contributed by atoms with Gasteiger partial charge in [0.25, 0.3) is 0 Å². The van der Waals surface area contributed by atoms with Crippen LogP contribution in [-0.4, -0.2) is 16.1 Å². The number of aromatic carboxylic acids is 1. The zero-order valence-corrected chi connectivity index (χ0v) is 8.10. The summed E-state index contributed by atoms with van der Waals surface area (Å²) >= 11 is 0. The van der Waals surface area contributed by atoms with Crippen LogP contribution in [0.15, 0.2) is 35.3 Å². The quantitative estimate of drug-likeness (QED) is 0.813. The molecule has 2 rings (SSSR count). The molecule has 1 aromatic carbocycles. The van der Waals surface area contributed by atoms with Crippen molar-refractivity contribution in [1.82, 2.24) is 4.98 Å². The highest BCUT2D eigenvalue weighted by Gasteiger charge is 2.09. The van der Waals surface area contributed by atoms with Crippen LogP contribution in [0.5, 0.6) is 0 Å². The molecule has 0 radical (unpaired) electrons. The molecular formula is C11H9NO3. The molecule has 0 aliphatic heterocycles. The molecule has 15 heavy (non-hydrogen) atoms. The Bertz CT molecular complexity index is 489. The Kier molecular flexibility index (Phi) is 2.25. The minimum absolute atomic E-state index is 0.288. The van der Waals surface area contributed by atoms with Gasteiger partial charge in [0.1, 0.15) is 12.0 Å². The Labute approximate surface area is 86.2 Å². The number of hydrogen-bond acceptors (Lipinski definition) is 3. The number of aryl methyl sites for hydroxylation is 1. The van der Waals surface area contributed by atoms with Gasteiger partial charge in [0.2, 0.25) is 0 Å². The van der Waals surface area contributed by atoms with Gasteiger partial charge in [0.15, 0.2) is 6.39 Å². The summed E-state index contributed by atoms with van der Waals surface area (Å²) in [5.41, 5.74) is 2.40. The van der Waals surface area contributed by atoms with Gasteiger partial charge in [-0.1, -0.05) is 12.1 Å². The van der Waals surface area contributed by atoms with Crippen molar-refractivity contribution < 1.29 is 14.3 Å². The largest absolute Gasteiger partial charge is 0.478 e. The van der Waals surface area contributed by atoms with Gasteiger partial charge in [-0.25, -0.2) is 9.78 Å². The van der Waals surface area contributed by atoms with E-state index < -0.39 is 5.97 Å². The first-order valence-corrected chi connectivity index (χ1v) is 4.41. The molecule has 0 saturated heterocycles. The Morgan fingerprint density at radius 2 is 2.27 bits per heavy atom. The predicted octanol–water partition coefficient (Wildman–Crippen LogP) is 2.35. The summed E-state index contributed by atoms with van der Waals surface area (Å²) in [6.07, 6.45) is 2.80. The third-order valence-corrected chi connectivity index (χ3v) is 2.20. The first kappa shape index (κ1) is 9.45. The summed E-state index contributed by atoms with van der Waals surface area (Å²) in [6.45, 7) is 1.76. The average Bonchev–Trinajstić information content (AvgIpc) is 2.71. The van der Waals surface area contributed by atoms with Crippen LogP contribution in [0, 0.1) is 6.92 Å². The van der Waals surface area contributed by atoms with Gasteiger partial charge in [-0.3, -0.25) is 0 Å². The molecule has 0 aliphatic rings. The smallest absolute Gasteiger partial charge is 0.335 e. The molecule has 0 atom stereocenters. The minimum atomic E-state index is -0.933. The maximum absolute atomic E-state index is 10.9. The summed E-state index contributed by atoms with van der Waals surface area (Å²) in [6, 6.07) is 5.17. The molecule has 4 nitrogen and oxygen atoms in total. The van der Waals surface area contributed by atoms with E-state index in [0.29, 0.717) is 5.69 Å². The van der Waals surface area contributed by atoms with Crippen LogP contribution in [0.4, 0.5) is 0 Å². The lowest BCUT2D eigenvalue weighted by atomic mass is 10.0. The zero-order chi connectivity index (χ0) is 10.8. The van der Waals surface area contributed by atoms with Gasteiger partial charge in [0, 0.05) is 5.56 Å². The normalized spacial score (nSPS) is 10.2. The number of aromatic nitrogens is 1. The molecule has 0 bridgehead atoms. The van der Waals surface area contributed by atoms with Gasteiger partial charge in [0.05, 0.1) is 5.56 Å². The molecule has 76 valence electrons. The zero-order valence-electron chi connectivity index (χ0n) is 8.10. The van der Waals surface area contributed by atoms with Crippen molar-refractivity contribution in [3.63, 3.8) is 0 Å². The number of oxazole rings is 1. The van der Waals surface area contributed by atoms with Crippen molar-refractivity contribution in [2.75, 3.05) is 0 Å². The standard InChI is InChI=1S/C11H9NO3/c1-7-2-3-8(4-9(7)11(13)14)10-5-15-6-12-10/h2-6H,1H3,(H,13,14). The average molecular weight is 203 g/mol. The number of carboxylic acids is 1. The lowest BCUT2D eigenvalue weighted by Crippen LogP contribution is -1.99. The molecule has 0 aliphatic carbocycles. The number of rotatable bonds is 2. The number of carbonyl (C=O) groups is 1. The Balaban J connectivity index is 2.52. The van der Waals surface area contributed by atoms with Crippen LogP contribution < -0.4 is 0 Å². The van der Waals surface area contributed by atoms with Gasteiger partial charge in [-0.15, -0.1) is 0 Å². The van der Waals surface area contributed by atoms with E-state index in [2.05, 4.69) is 4.98 Å². The molecule has 1 aromatic heterocycles. The first-order chi connectivity index (χ1) is 7.18. The van der Waals surface area contributed by atoms with Gasteiger partial charge >= 0.3 is 5.97 Å². The van der Waals surface area contributed by atoms with E-state index in [1.165, 1.54) is 12.7 Å². The minimum Gasteiger partial charge on any atom is -0.478 e. The van der Waals surface area contributed by atoms with Crippen molar-refractivity contribution in [2.45, 2.75) is 6.92 Å². The highest BCUT2D eigenvalue weighted by molar-refractivity contribution is 5.90. The second-order valence-corrected chi connectivity index (χ2v) is 3.21. The maximum atomic E-state index is 10.9. The fourth-order valence-electron chi connectivity index (χ4n) is 1.37. The molecule has 2 aromatic rings. The second kappa shape index (κ2) is 3.57. The molecule has 0 unspecified atom stereocenters. The van der Waals surface area contributed by atoms with Crippen LogP contribution in [0.1, 0.15) is 15.9 Å². The van der Waals surface area contributed by atoms with Gasteiger partial charge in [-0.05, 0) is 18.6 Å². The van der Waals surface area contributed by atoms with Crippen LogP contribution in [0.2, 0.25) is 0 Å². The third kappa shape index (κ3) is 1.74. The van der Waals surface area contributed by atoms with E-state index in [1.54, 1.807) is 19.1 Å². The van der Waals surface area contributed by atoms with E-state index in [1.807, 2.05) is 6.07 Å². The predicted molar refractivity (Wildman–Crippen MR) is 53.6 cm³/mol. The third-order valence-electron chi connectivity index (χ3n) is 2.20. The lowest BCUT2D eigenvalue weighted by Gasteiger charge is -2.02. The molecule has 0 fully saturated rings. The van der Waals surface area contributed by atoms with Crippen molar-refractivity contribution >= 4 is 5.97 Å². The number of carboxylic acid groups (broad SMARTS) is 1. The van der Waals surface area contributed by atoms with Crippen LogP contribution in [-0.2, 0) is 0 Å². The van der Waals surface area contributed by atoms with E-state index in [4.69, 9.17) is 9.52 Å². The molecule has 4 heteroatoms. The number of benzene rings is 1. The molecule has 0 saturated carbocycles. The van der Waals surface area contributed by atoms with Crippen LogP contribution >= 0.6 is 0 Å². The second-order valence-electron chi connectivity index (χ2n) is 3.21. The summed E-state index contributed by atoms with van der Waals surface area (Å²) < 4.78 is 4.84. The van der Waals surface area contributed by atoms with Gasteiger partial charge < -0.3 is 9.52 Å². The van der Waals surface area contributed by atoms with Crippen molar-refractivity contribution in [1.29, 1.82) is 0 Å². The van der Waals surface area contributed by atoms with Crippen molar-refractivity contribution in [3.8, 4) is 11.3 Å². The number of nitrogens with zero attached hydrogens (tertiary/aromatic N) is 1. The van der Waals surface area contributed by atoms with Crippen LogP contribution in [0.3, 0.4) is 0 Å². The van der Waals surface area contributed by atoms with E-state index in [9.17, 15) is 4.79 Å². The van der Waals surface area contributed by atoms with E-state index >= 15 is 0 Å². The SMILES string of the molecule is Cc1ccc(-c2cocn2)cc1C(=O)O. The summed E-state index contributed by atoms with van der Waals surface area (Å²) in [7, 11) is 0. The summed E-state index contributed by atoms with van der Waals surface area (Å²) in [4.78, 5) is 14.9. The van der Waals surface area contributed by atoms with E-state index in [-0.39, 0.29) is 5.56 Å². The fraction of sp³-hybridized carbons (Fsp3) is 0.0909. The topological polar surface area (TPSA) is 63.3 Å². The summed E-state index contributed by atoms with van der Waals surface area (Å²) in [5, 5.41) is 8.94. The Hall–Kier alpha value is -2.10. The molecule has 1 N–H and O–H groups in total. The first-order valence-electron chi connectivity index (χ1n) is 4.41. The van der Waals surface area contributed by atoms with Crippen molar-refractivity contribution in [3.05, 3.63) is 42.0 Å². The van der Waals surface area contributed by atoms with Crippen LogP contribution in [0.25, 0.3) is 11.3 Å². The highest BCUT2D eigenvalue weighted by Crippen LogP contribution is 2.20. The molecule has 1 heterocycles. The molecular weight excluding hydrogens is 194 g/mol. The fourth-order valence-corrected chi connectivity index (χ4v) is 1.37. The molecule has 0 spiro atoms.